The van der Waals surface area contributed by atoms with Gasteiger partial charge in [-0.25, -0.2) is 14.6 Å². The molecule has 1 N–H and O–H groups in total. The Hall–Kier alpha value is -1.27. The van der Waals surface area contributed by atoms with Crippen LogP contribution in [0.3, 0.4) is 0 Å². The van der Waals surface area contributed by atoms with Gasteiger partial charge in [0.15, 0.2) is 0 Å². The van der Waals surface area contributed by atoms with Crippen molar-refractivity contribution in [2.45, 2.75) is 45.8 Å². The summed E-state index contributed by atoms with van der Waals surface area (Å²) in [5, 5.41) is 10.8. The Morgan fingerprint density at radius 1 is 1.39 bits per heavy atom. The number of hydrogen-bond donors (Lipinski definition) is 1. The predicted molar refractivity (Wildman–Crippen MR) is 72.3 cm³/mol. The van der Waals surface area contributed by atoms with Gasteiger partial charge in [0.25, 0.3) is 0 Å². The highest BCUT2D eigenvalue weighted by Crippen LogP contribution is 2.22. The molecule has 2 aromatic heterocycles. The van der Waals surface area contributed by atoms with E-state index in [2.05, 4.69) is 41.2 Å². The van der Waals surface area contributed by atoms with E-state index in [1.165, 1.54) is 0 Å². The summed E-state index contributed by atoms with van der Waals surface area (Å²) in [5.41, 5.74) is -0.142. The second-order valence-electron chi connectivity index (χ2n) is 4.72. The molecule has 0 aliphatic rings. The highest BCUT2D eigenvalue weighted by molar-refractivity contribution is 7.09. The lowest BCUT2D eigenvalue weighted by Crippen LogP contribution is -2.36. The van der Waals surface area contributed by atoms with E-state index in [0.717, 1.165) is 23.8 Å². The van der Waals surface area contributed by atoms with Gasteiger partial charge in [0.1, 0.15) is 17.2 Å². The van der Waals surface area contributed by atoms with Gasteiger partial charge >= 0.3 is 0 Å². The van der Waals surface area contributed by atoms with Crippen LogP contribution in [0.1, 0.15) is 38.0 Å². The molecule has 0 aliphatic heterocycles. The summed E-state index contributed by atoms with van der Waals surface area (Å²) in [5.74, 6) is 0.974. The van der Waals surface area contributed by atoms with Gasteiger partial charge in [0.05, 0.1) is 12.1 Å². The molecule has 0 saturated heterocycles. The maximum atomic E-state index is 4.36. The van der Waals surface area contributed by atoms with Crippen molar-refractivity contribution in [3.05, 3.63) is 28.7 Å². The van der Waals surface area contributed by atoms with Gasteiger partial charge in [-0.1, -0.05) is 6.92 Å². The first kappa shape index (κ1) is 13.2. The van der Waals surface area contributed by atoms with Crippen LogP contribution >= 0.6 is 11.3 Å². The molecule has 2 heterocycles. The van der Waals surface area contributed by atoms with Crippen LogP contribution in [0.4, 0.5) is 0 Å². The summed E-state index contributed by atoms with van der Waals surface area (Å²) in [7, 11) is 0. The van der Waals surface area contributed by atoms with E-state index in [9.17, 15) is 0 Å². The van der Waals surface area contributed by atoms with Crippen LogP contribution in [-0.4, -0.2) is 19.7 Å². The molecular formula is C12H19N5S. The van der Waals surface area contributed by atoms with Crippen LogP contribution in [0, 0.1) is 0 Å². The molecule has 0 amide bonds. The minimum Gasteiger partial charge on any atom is -0.299 e. The Kier molecular flexibility index (Phi) is 4.08. The van der Waals surface area contributed by atoms with E-state index >= 15 is 0 Å². The molecule has 2 aromatic rings. The number of hydrogen-bond acceptors (Lipinski definition) is 5. The van der Waals surface area contributed by atoms with Crippen molar-refractivity contribution in [1.29, 1.82) is 0 Å². The molecule has 0 spiro atoms. The van der Waals surface area contributed by atoms with Crippen molar-refractivity contribution in [2.24, 2.45) is 0 Å². The van der Waals surface area contributed by atoms with Gasteiger partial charge in [0, 0.05) is 18.1 Å². The average molecular weight is 265 g/mol. The van der Waals surface area contributed by atoms with Crippen molar-refractivity contribution in [1.82, 2.24) is 25.1 Å². The molecule has 0 aliphatic carbocycles. The van der Waals surface area contributed by atoms with Crippen molar-refractivity contribution < 1.29 is 0 Å². The molecule has 2 rings (SSSR count). The van der Waals surface area contributed by atoms with Crippen LogP contribution in [0.25, 0.3) is 0 Å². The highest BCUT2D eigenvalue weighted by atomic mass is 32.1. The van der Waals surface area contributed by atoms with E-state index in [1.807, 2.05) is 16.3 Å². The Morgan fingerprint density at radius 2 is 2.22 bits per heavy atom. The second-order valence-corrected chi connectivity index (χ2v) is 5.61. The minimum absolute atomic E-state index is 0.142. The molecular weight excluding hydrogens is 246 g/mol. The number of nitrogens with zero attached hydrogens (tertiary/aromatic N) is 4. The van der Waals surface area contributed by atoms with Gasteiger partial charge in [-0.15, -0.1) is 11.3 Å². The molecule has 0 fully saturated rings. The molecule has 0 atom stereocenters. The Balaban J connectivity index is 2.00. The quantitative estimate of drug-likeness (QED) is 0.869. The summed E-state index contributed by atoms with van der Waals surface area (Å²) in [6, 6.07) is 0. The Morgan fingerprint density at radius 3 is 2.89 bits per heavy atom. The molecule has 0 unspecified atom stereocenters. The van der Waals surface area contributed by atoms with Gasteiger partial charge in [-0.3, -0.25) is 5.32 Å². The highest BCUT2D eigenvalue weighted by Gasteiger charge is 2.23. The van der Waals surface area contributed by atoms with Crippen LogP contribution < -0.4 is 5.32 Å². The van der Waals surface area contributed by atoms with E-state index < -0.39 is 0 Å². The first-order valence-corrected chi connectivity index (χ1v) is 7.03. The molecule has 0 aromatic carbocycles. The van der Waals surface area contributed by atoms with Crippen molar-refractivity contribution in [3.8, 4) is 0 Å². The Labute approximate surface area is 111 Å². The van der Waals surface area contributed by atoms with Gasteiger partial charge in [-0.2, -0.15) is 5.10 Å². The predicted octanol–water partition coefficient (Wildman–Crippen LogP) is 2.17. The first-order chi connectivity index (χ1) is 8.63. The molecule has 0 saturated carbocycles. The van der Waals surface area contributed by atoms with Gasteiger partial charge in [0.2, 0.25) is 0 Å². The maximum Gasteiger partial charge on any atom is 0.140 e. The lowest BCUT2D eigenvalue weighted by molar-refractivity contribution is 0.385. The normalized spacial score (nSPS) is 11.9. The first-order valence-electron chi connectivity index (χ1n) is 6.15. The lowest BCUT2D eigenvalue weighted by Gasteiger charge is -2.23. The smallest absolute Gasteiger partial charge is 0.140 e. The van der Waals surface area contributed by atoms with E-state index in [0.29, 0.717) is 6.54 Å². The average Bonchev–Trinajstić information content (AvgIpc) is 2.98. The summed E-state index contributed by atoms with van der Waals surface area (Å²) in [6.45, 7) is 8.01. The molecule has 18 heavy (non-hydrogen) atoms. The fourth-order valence-electron chi connectivity index (χ4n) is 1.73. The number of aryl methyl sites for hydroxylation is 1. The van der Waals surface area contributed by atoms with E-state index in [1.54, 1.807) is 17.7 Å². The van der Waals surface area contributed by atoms with Crippen LogP contribution in [0.15, 0.2) is 17.9 Å². The van der Waals surface area contributed by atoms with E-state index in [-0.39, 0.29) is 5.54 Å². The SMILES string of the molecule is CCCn1ncnc1CNC(C)(C)c1nccs1. The number of nitrogens with one attached hydrogen (secondary N) is 1. The molecule has 0 bridgehead atoms. The topological polar surface area (TPSA) is 55.6 Å². The minimum atomic E-state index is -0.142. The van der Waals surface area contributed by atoms with Crippen molar-refractivity contribution >= 4 is 11.3 Å². The van der Waals surface area contributed by atoms with Crippen LogP contribution in [-0.2, 0) is 18.6 Å². The molecule has 6 heteroatoms. The van der Waals surface area contributed by atoms with Crippen LogP contribution in [0.2, 0.25) is 0 Å². The fraction of sp³-hybridized carbons (Fsp3) is 0.583. The third kappa shape index (κ3) is 2.94. The zero-order chi connectivity index (χ0) is 13.0. The van der Waals surface area contributed by atoms with Gasteiger partial charge in [-0.05, 0) is 20.3 Å². The summed E-state index contributed by atoms with van der Waals surface area (Å²) in [4.78, 5) is 8.65. The fourth-order valence-corrected chi connectivity index (χ4v) is 2.47. The second kappa shape index (κ2) is 5.58. The van der Waals surface area contributed by atoms with Crippen LogP contribution in [0.5, 0.6) is 0 Å². The largest absolute Gasteiger partial charge is 0.299 e. The molecule has 0 radical (unpaired) electrons. The summed E-state index contributed by atoms with van der Waals surface area (Å²) >= 11 is 1.67. The monoisotopic (exact) mass is 265 g/mol. The molecule has 98 valence electrons. The van der Waals surface area contributed by atoms with Gasteiger partial charge < -0.3 is 0 Å². The van der Waals surface area contributed by atoms with Crippen molar-refractivity contribution in [2.75, 3.05) is 0 Å². The lowest BCUT2D eigenvalue weighted by atomic mass is 10.1. The number of thiazole rings is 1. The third-order valence-electron chi connectivity index (χ3n) is 2.79. The zero-order valence-electron chi connectivity index (χ0n) is 11.1. The maximum absolute atomic E-state index is 4.36. The summed E-state index contributed by atoms with van der Waals surface area (Å²) < 4.78 is 1.95. The molecule has 5 nitrogen and oxygen atoms in total. The number of aromatic nitrogens is 4. The number of rotatable bonds is 6. The van der Waals surface area contributed by atoms with E-state index in [4.69, 9.17) is 0 Å². The Bertz CT molecular complexity index is 474. The van der Waals surface area contributed by atoms with Crippen molar-refractivity contribution in [3.63, 3.8) is 0 Å². The zero-order valence-corrected chi connectivity index (χ0v) is 11.9. The summed E-state index contributed by atoms with van der Waals surface area (Å²) in [6.07, 6.45) is 4.51. The standard InChI is InChI=1S/C12H19N5S/c1-4-6-17-10(14-9-16-17)8-15-12(2,3)11-13-5-7-18-11/h5,7,9,15H,4,6,8H2,1-3H3. The third-order valence-corrected chi connectivity index (χ3v) is 3.88.